The van der Waals surface area contributed by atoms with Gasteiger partial charge in [0.05, 0.1) is 0 Å². The molecule has 0 heterocycles. The van der Waals surface area contributed by atoms with Gasteiger partial charge in [0.15, 0.2) is 0 Å². The lowest BCUT2D eigenvalue weighted by molar-refractivity contribution is 0.305. The molecule has 0 radical (unpaired) electrons. The standard InChI is InChI=1S/C11H18N2/c1-9-6-4-5-7-10(9)11(8-12)13(2)3/h4-7,11H,8,12H2,1-3H3/t11-/m1/s1. The van der Waals surface area contributed by atoms with E-state index in [2.05, 4.69) is 50.2 Å². The van der Waals surface area contributed by atoms with Gasteiger partial charge in [0.2, 0.25) is 0 Å². The lowest BCUT2D eigenvalue weighted by Crippen LogP contribution is -2.27. The van der Waals surface area contributed by atoms with E-state index in [1.165, 1.54) is 11.1 Å². The van der Waals surface area contributed by atoms with Gasteiger partial charge in [-0.3, -0.25) is 0 Å². The molecule has 0 aliphatic carbocycles. The Hall–Kier alpha value is -0.860. The van der Waals surface area contributed by atoms with Crippen LogP contribution in [0.1, 0.15) is 17.2 Å². The van der Waals surface area contributed by atoms with Crippen molar-refractivity contribution in [3.05, 3.63) is 35.4 Å². The normalized spacial score (nSPS) is 13.3. The quantitative estimate of drug-likeness (QED) is 0.761. The summed E-state index contributed by atoms with van der Waals surface area (Å²) in [4.78, 5) is 2.16. The summed E-state index contributed by atoms with van der Waals surface area (Å²) in [5.74, 6) is 0. The van der Waals surface area contributed by atoms with Crippen LogP contribution >= 0.6 is 0 Å². The van der Waals surface area contributed by atoms with E-state index in [4.69, 9.17) is 5.73 Å². The Kier molecular flexibility index (Phi) is 3.46. The first-order chi connectivity index (χ1) is 6.16. The zero-order valence-corrected chi connectivity index (χ0v) is 8.62. The molecule has 1 rings (SSSR count). The van der Waals surface area contributed by atoms with Gasteiger partial charge >= 0.3 is 0 Å². The molecule has 0 bridgehead atoms. The van der Waals surface area contributed by atoms with Crippen molar-refractivity contribution < 1.29 is 0 Å². The highest BCUT2D eigenvalue weighted by Gasteiger charge is 2.12. The highest BCUT2D eigenvalue weighted by atomic mass is 15.1. The molecule has 1 aromatic carbocycles. The van der Waals surface area contributed by atoms with Crippen molar-refractivity contribution >= 4 is 0 Å². The summed E-state index contributed by atoms with van der Waals surface area (Å²) < 4.78 is 0. The molecule has 0 amide bonds. The Morgan fingerprint density at radius 1 is 1.31 bits per heavy atom. The monoisotopic (exact) mass is 178 g/mol. The Bertz CT molecular complexity index is 269. The maximum absolute atomic E-state index is 5.73. The molecular formula is C11H18N2. The van der Waals surface area contributed by atoms with Crippen molar-refractivity contribution in [1.82, 2.24) is 4.90 Å². The minimum Gasteiger partial charge on any atom is -0.329 e. The fraction of sp³-hybridized carbons (Fsp3) is 0.455. The molecule has 0 aliphatic rings. The number of rotatable bonds is 3. The van der Waals surface area contributed by atoms with E-state index in [1.54, 1.807) is 0 Å². The van der Waals surface area contributed by atoms with Crippen molar-refractivity contribution in [2.75, 3.05) is 20.6 Å². The van der Waals surface area contributed by atoms with Gasteiger partial charge in [0.25, 0.3) is 0 Å². The number of hydrogen-bond donors (Lipinski definition) is 1. The summed E-state index contributed by atoms with van der Waals surface area (Å²) in [6.45, 7) is 2.79. The minimum absolute atomic E-state index is 0.334. The zero-order chi connectivity index (χ0) is 9.84. The molecule has 2 nitrogen and oxygen atoms in total. The second kappa shape index (κ2) is 4.40. The number of benzene rings is 1. The van der Waals surface area contributed by atoms with Crippen LogP contribution in [-0.2, 0) is 0 Å². The molecule has 2 N–H and O–H groups in total. The Morgan fingerprint density at radius 3 is 2.38 bits per heavy atom. The number of hydrogen-bond acceptors (Lipinski definition) is 2. The maximum atomic E-state index is 5.73. The predicted octanol–water partition coefficient (Wildman–Crippen LogP) is 1.56. The summed E-state index contributed by atoms with van der Waals surface area (Å²) in [6.07, 6.45) is 0. The molecule has 0 saturated heterocycles. The smallest absolute Gasteiger partial charge is 0.0467 e. The van der Waals surface area contributed by atoms with Crippen molar-refractivity contribution in [1.29, 1.82) is 0 Å². The van der Waals surface area contributed by atoms with E-state index < -0.39 is 0 Å². The second-order valence-corrected chi connectivity index (χ2v) is 3.57. The fourth-order valence-electron chi connectivity index (χ4n) is 1.58. The topological polar surface area (TPSA) is 29.3 Å². The highest BCUT2D eigenvalue weighted by Crippen LogP contribution is 2.19. The van der Waals surface area contributed by atoms with Crippen LogP contribution in [-0.4, -0.2) is 25.5 Å². The molecule has 0 aliphatic heterocycles. The van der Waals surface area contributed by atoms with Gasteiger partial charge in [-0.05, 0) is 32.1 Å². The lowest BCUT2D eigenvalue weighted by Gasteiger charge is -2.24. The van der Waals surface area contributed by atoms with Crippen LogP contribution in [0, 0.1) is 6.92 Å². The van der Waals surface area contributed by atoms with Gasteiger partial charge < -0.3 is 10.6 Å². The molecule has 2 heteroatoms. The molecule has 0 aromatic heterocycles. The highest BCUT2D eigenvalue weighted by molar-refractivity contribution is 5.28. The predicted molar refractivity (Wildman–Crippen MR) is 56.7 cm³/mol. The molecule has 0 unspecified atom stereocenters. The molecule has 1 aromatic rings. The van der Waals surface area contributed by atoms with E-state index >= 15 is 0 Å². The van der Waals surface area contributed by atoms with Crippen LogP contribution in [0.2, 0.25) is 0 Å². The molecule has 0 saturated carbocycles. The third-order valence-electron chi connectivity index (χ3n) is 2.39. The number of nitrogens with zero attached hydrogens (tertiary/aromatic N) is 1. The average Bonchev–Trinajstić information content (AvgIpc) is 2.09. The summed E-state index contributed by atoms with van der Waals surface area (Å²) in [7, 11) is 4.12. The Balaban J connectivity index is 2.97. The zero-order valence-electron chi connectivity index (χ0n) is 8.62. The van der Waals surface area contributed by atoms with Crippen LogP contribution in [0.3, 0.4) is 0 Å². The second-order valence-electron chi connectivity index (χ2n) is 3.57. The summed E-state index contributed by atoms with van der Waals surface area (Å²) in [6, 6.07) is 8.73. The fourth-order valence-corrected chi connectivity index (χ4v) is 1.58. The molecular weight excluding hydrogens is 160 g/mol. The number of aryl methyl sites for hydroxylation is 1. The SMILES string of the molecule is Cc1ccccc1[C@@H](CN)N(C)C. The van der Waals surface area contributed by atoms with Gasteiger partial charge in [-0.15, -0.1) is 0 Å². The molecule has 0 spiro atoms. The Morgan fingerprint density at radius 2 is 1.92 bits per heavy atom. The van der Waals surface area contributed by atoms with Gasteiger partial charge in [0.1, 0.15) is 0 Å². The third kappa shape index (κ3) is 2.29. The van der Waals surface area contributed by atoms with Crippen LogP contribution in [0.15, 0.2) is 24.3 Å². The van der Waals surface area contributed by atoms with Gasteiger partial charge in [-0.25, -0.2) is 0 Å². The van der Waals surface area contributed by atoms with E-state index in [0.29, 0.717) is 12.6 Å². The van der Waals surface area contributed by atoms with Crippen molar-refractivity contribution in [2.24, 2.45) is 5.73 Å². The van der Waals surface area contributed by atoms with Crippen molar-refractivity contribution in [2.45, 2.75) is 13.0 Å². The van der Waals surface area contributed by atoms with Crippen molar-refractivity contribution in [3.8, 4) is 0 Å². The van der Waals surface area contributed by atoms with Crippen LogP contribution < -0.4 is 5.73 Å². The van der Waals surface area contributed by atoms with Gasteiger partial charge in [-0.2, -0.15) is 0 Å². The van der Waals surface area contributed by atoms with E-state index in [1.807, 2.05) is 0 Å². The van der Waals surface area contributed by atoms with Crippen LogP contribution in [0.25, 0.3) is 0 Å². The first-order valence-electron chi connectivity index (χ1n) is 4.59. The number of likely N-dealkylation sites (N-methyl/N-ethyl adjacent to an activating group) is 1. The molecule has 13 heavy (non-hydrogen) atoms. The van der Waals surface area contributed by atoms with Gasteiger partial charge in [-0.1, -0.05) is 24.3 Å². The third-order valence-corrected chi connectivity index (χ3v) is 2.39. The molecule has 72 valence electrons. The van der Waals surface area contributed by atoms with Crippen LogP contribution in [0.5, 0.6) is 0 Å². The lowest BCUT2D eigenvalue weighted by atomic mass is 10.0. The summed E-state index contributed by atoms with van der Waals surface area (Å²) in [5.41, 5.74) is 8.37. The largest absolute Gasteiger partial charge is 0.329 e. The number of nitrogens with two attached hydrogens (primary N) is 1. The summed E-state index contributed by atoms with van der Waals surface area (Å²) in [5, 5.41) is 0. The minimum atomic E-state index is 0.334. The average molecular weight is 178 g/mol. The Labute approximate surface area is 80.4 Å². The van der Waals surface area contributed by atoms with Gasteiger partial charge in [0, 0.05) is 12.6 Å². The van der Waals surface area contributed by atoms with Crippen molar-refractivity contribution in [3.63, 3.8) is 0 Å². The first-order valence-corrected chi connectivity index (χ1v) is 4.59. The van der Waals surface area contributed by atoms with E-state index in [0.717, 1.165) is 0 Å². The maximum Gasteiger partial charge on any atom is 0.0467 e. The first kappa shape index (κ1) is 10.2. The van der Waals surface area contributed by atoms with E-state index in [-0.39, 0.29) is 0 Å². The van der Waals surface area contributed by atoms with Crippen LogP contribution in [0.4, 0.5) is 0 Å². The van der Waals surface area contributed by atoms with E-state index in [9.17, 15) is 0 Å². The molecule has 1 atom stereocenters. The summed E-state index contributed by atoms with van der Waals surface area (Å²) >= 11 is 0. The molecule has 0 fully saturated rings.